The van der Waals surface area contributed by atoms with Crippen LogP contribution >= 0.6 is 11.8 Å². The number of hydrogen-bond donors (Lipinski definition) is 1. The molecular formula is C17H22N2OS. The van der Waals surface area contributed by atoms with Crippen molar-refractivity contribution < 1.29 is 4.74 Å². The SMILES string of the molecule is COc1ccccc1N(C)C(CN)c1ccc(SC)cc1. The maximum Gasteiger partial charge on any atom is 0.142 e. The summed E-state index contributed by atoms with van der Waals surface area (Å²) in [5.41, 5.74) is 8.27. The molecule has 2 aromatic carbocycles. The molecule has 0 heterocycles. The zero-order valence-corrected chi connectivity index (χ0v) is 13.6. The lowest BCUT2D eigenvalue weighted by molar-refractivity contribution is 0.413. The number of ether oxygens (including phenoxy) is 1. The Hall–Kier alpha value is -1.65. The molecule has 4 heteroatoms. The van der Waals surface area contributed by atoms with Gasteiger partial charge in [-0.25, -0.2) is 0 Å². The lowest BCUT2D eigenvalue weighted by atomic mass is 10.0. The molecule has 0 aliphatic rings. The third-order valence-electron chi connectivity index (χ3n) is 3.66. The Morgan fingerprint density at radius 2 is 1.81 bits per heavy atom. The van der Waals surface area contributed by atoms with E-state index in [0.29, 0.717) is 6.54 Å². The van der Waals surface area contributed by atoms with Gasteiger partial charge in [-0.05, 0) is 36.1 Å². The van der Waals surface area contributed by atoms with Gasteiger partial charge in [-0.2, -0.15) is 0 Å². The third kappa shape index (κ3) is 3.52. The van der Waals surface area contributed by atoms with Gasteiger partial charge in [-0.15, -0.1) is 11.8 Å². The zero-order chi connectivity index (χ0) is 15.2. The van der Waals surface area contributed by atoms with E-state index in [-0.39, 0.29) is 6.04 Å². The van der Waals surface area contributed by atoms with Gasteiger partial charge < -0.3 is 15.4 Å². The molecule has 0 aromatic heterocycles. The van der Waals surface area contributed by atoms with Gasteiger partial charge in [0.15, 0.2) is 0 Å². The van der Waals surface area contributed by atoms with Crippen molar-refractivity contribution in [1.29, 1.82) is 0 Å². The number of anilines is 1. The van der Waals surface area contributed by atoms with Crippen molar-refractivity contribution in [3.63, 3.8) is 0 Å². The molecule has 0 fully saturated rings. The lowest BCUT2D eigenvalue weighted by Crippen LogP contribution is -2.30. The molecule has 21 heavy (non-hydrogen) atoms. The minimum Gasteiger partial charge on any atom is -0.495 e. The van der Waals surface area contributed by atoms with Crippen LogP contribution in [0.3, 0.4) is 0 Å². The predicted octanol–water partition coefficient (Wildman–Crippen LogP) is 3.55. The number of nitrogens with zero attached hydrogens (tertiary/aromatic N) is 1. The van der Waals surface area contributed by atoms with E-state index in [4.69, 9.17) is 10.5 Å². The van der Waals surface area contributed by atoms with Gasteiger partial charge in [0.2, 0.25) is 0 Å². The van der Waals surface area contributed by atoms with Crippen LogP contribution in [0, 0.1) is 0 Å². The summed E-state index contributed by atoms with van der Waals surface area (Å²) in [5.74, 6) is 0.860. The number of rotatable bonds is 6. The Balaban J connectivity index is 2.31. The summed E-state index contributed by atoms with van der Waals surface area (Å²) >= 11 is 1.74. The fourth-order valence-electron chi connectivity index (χ4n) is 2.43. The van der Waals surface area contributed by atoms with Crippen molar-refractivity contribution in [3.05, 3.63) is 54.1 Å². The molecule has 0 saturated heterocycles. The van der Waals surface area contributed by atoms with Crippen molar-refractivity contribution in [2.24, 2.45) is 5.73 Å². The average Bonchev–Trinajstić information content (AvgIpc) is 2.56. The first kappa shape index (κ1) is 15.7. The largest absolute Gasteiger partial charge is 0.495 e. The van der Waals surface area contributed by atoms with Gasteiger partial charge >= 0.3 is 0 Å². The maximum absolute atomic E-state index is 6.02. The first-order valence-electron chi connectivity index (χ1n) is 6.91. The Labute approximate surface area is 131 Å². The zero-order valence-electron chi connectivity index (χ0n) is 12.7. The van der Waals surface area contributed by atoms with Crippen molar-refractivity contribution in [2.45, 2.75) is 10.9 Å². The molecule has 112 valence electrons. The predicted molar refractivity (Wildman–Crippen MR) is 91.4 cm³/mol. The maximum atomic E-state index is 6.02. The topological polar surface area (TPSA) is 38.5 Å². The summed E-state index contributed by atoms with van der Waals surface area (Å²) < 4.78 is 5.45. The van der Waals surface area contributed by atoms with Gasteiger partial charge in [0, 0.05) is 18.5 Å². The fourth-order valence-corrected chi connectivity index (χ4v) is 2.84. The van der Waals surface area contributed by atoms with Crippen molar-refractivity contribution in [1.82, 2.24) is 0 Å². The summed E-state index contributed by atoms with van der Waals surface area (Å²) in [6.45, 7) is 0.549. The quantitative estimate of drug-likeness (QED) is 0.828. The third-order valence-corrected chi connectivity index (χ3v) is 4.40. The summed E-state index contributed by atoms with van der Waals surface area (Å²) in [6, 6.07) is 16.7. The summed E-state index contributed by atoms with van der Waals surface area (Å²) in [5, 5.41) is 0. The van der Waals surface area contributed by atoms with E-state index in [1.54, 1.807) is 18.9 Å². The number of benzene rings is 2. The number of hydrogen-bond acceptors (Lipinski definition) is 4. The van der Waals surface area contributed by atoms with Crippen molar-refractivity contribution in [3.8, 4) is 5.75 Å². The highest BCUT2D eigenvalue weighted by Gasteiger charge is 2.18. The standard InChI is InChI=1S/C17H22N2OS/c1-19(15-6-4-5-7-17(15)20-2)16(12-18)13-8-10-14(21-3)11-9-13/h4-11,16H,12,18H2,1-3H3. The first-order valence-corrected chi connectivity index (χ1v) is 8.13. The van der Waals surface area contributed by atoms with Crippen LogP contribution in [0.25, 0.3) is 0 Å². The van der Waals surface area contributed by atoms with E-state index in [0.717, 1.165) is 11.4 Å². The van der Waals surface area contributed by atoms with E-state index in [9.17, 15) is 0 Å². The highest BCUT2D eigenvalue weighted by molar-refractivity contribution is 7.98. The Morgan fingerprint density at radius 3 is 2.38 bits per heavy atom. The molecule has 1 atom stereocenters. The second-order valence-corrected chi connectivity index (χ2v) is 5.69. The van der Waals surface area contributed by atoms with E-state index >= 15 is 0 Å². The van der Waals surface area contributed by atoms with Crippen LogP contribution in [0.5, 0.6) is 5.75 Å². The Kier molecular flexibility index (Phi) is 5.53. The van der Waals surface area contributed by atoms with Crippen molar-refractivity contribution >= 4 is 17.4 Å². The highest BCUT2D eigenvalue weighted by Crippen LogP contribution is 2.32. The normalized spacial score (nSPS) is 12.0. The number of nitrogens with two attached hydrogens (primary N) is 1. The van der Waals surface area contributed by atoms with Crippen LogP contribution in [0.4, 0.5) is 5.69 Å². The smallest absolute Gasteiger partial charge is 0.142 e. The summed E-state index contributed by atoms with van der Waals surface area (Å²) in [6.07, 6.45) is 2.08. The van der Waals surface area contributed by atoms with Crippen molar-refractivity contribution in [2.75, 3.05) is 31.9 Å². The monoisotopic (exact) mass is 302 g/mol. The molecule has 0 saturated carbocycles. The number of thioether (sulfide) groups is 1. The summed E-state index contributed by atoms with van der Waals surface area (Å²) in [4.78, 5) is 3.43. The molecule has 2 N–H and O–H groups in total. The van der Waals surface area contributed by atoms with E-state index in [1.807, 2.05) is 18.2 Å². The minimum atomic E-state index is 0.122. The minimum absolute atomic E-state index is 0.122. The second kappa shape index (κ2) is 7.38. The molecule has 2 rings (SSSR count). The van der Waals surface area contributed by atoms with Crippen LogP contribution in [-0.4, -0.2) is 27.0 Å². The molecule has 0 aliphatic carbocycles. The van der Waals surface area contributed by atoms with Gasteiger partial charge in [-0.1, -0.05) is 24.3 Å². The number of para-hydroxylation sites is 2. The van der Waals surface area contributed by atoms with E-state index < -0.39 is 0 Å². The number of methoxy groups -OCH3 is 1. The Morgan fingerprint density at radius 1 is 1.14 bits per heavy atom. The fraction of sp³-hybridized carbons (Fsp3) is 0.294. The highest BCUT2D eigenvalue weighted by atomic mass is 32.2. The Bertz CT molecular complexity index is 571. The van der Waals surface area contributed by atoms with Crippen LogP contribution in [0.15, 0.2) is 53.4 Å². The van der Waals surface area contributed by atoms with Crippen LogP contribution in [0.2, 0.25) is 0 Å². The molecule has 0 aliphatic heterocycles. The molecule has 2 aromatic rings. The van der Waals surface area contributed by atoms with E-state index in [2.05, 4.69) is 48.5 Å². The molecule has 0 amide bonds. The van der Waals surface area contributed by atoms with Gasteiger partial charge in [0.1, 0.15) is 5.75 Å². The molecule has 3 nitrogen and oxygen atoms in total. The van der Waals surface area contributed by atoms with Gasteiger partial charge in [0.05, 0.1) is 18.8 Å². The first-order chi connectivity index (χ1) is 10.2. The molecule has 0 radical (unpaired) electrons. The van der Waals surface area contributed by atoms with Crippen LogP contribution in [-0.2, 0) is 0 Å². The summed E-state index contributed by atoms with van der Waals surface area (Å²) in [7, 11) is 3.75. The lowest BCUT2D eigenvalue weighted by Gasteiger charge is -2.30. The van der Waals surface area contributed by atoms with Gasteiger partial charge in [0.25, 0.3) is 0 Å². The molecule has 0 bridgehead atoms. The number of likely N-dealkylation sites (N-methyl/N-ethyl adjacent to an activating group) is 1. The van der Waals surface area contributed by atoms with E-state index in [1.165, 1.54) is 10.5 Å². The second-order valence-electron chi connectivity index (χ2n) is 4.81. The average molecular weight is 302 g/mol. The molecule has 0 spiro atoms. The molecular weight excluding hydrogens is 280 g/mol. The van der Waals surface area contributed by atoms with Gasteiger partial charge in [-0.3, -0.25) is 0 Å². The molecule has 1 unspecified atom stereocenters. The van der Waals surface area contributed by atoms with Crippen LogP contribution < -0.4 is 15.4 Å². The van der Waals surface area contributed by atoms with Crippen LogP contribution in [0.1, 0.15) is 11.6 Å².